The summed E-state index contributed by atoms with van der Waals surface area (Å²) in [6, 6.07) is 13.9. The number of rotatable bonds is 7. The smallest absolute Gasteiger partial charge is 0.411 e. The molecular formula is C21H21NO5. The third kappa shape index (κ3) is 5.04. The van der Waals surface area contributed by atoms with Crippen LogP contribution in [0.1, 0.15) is 34.3 Å². The van der Waals surface area contributed by atoms with Crippen LogP contribution in [0.25, 0.3) is 0 Å². The maximum atomic E-state index is 12.2. The van der Waals surface area contributed by atoms with Gasteiger partial charge in [0, 0.05) is 11.3 Å². The van der Waals surface area contributed by atoms with E-state index in [1.165, 1.54) is 26.2 Å². The number of esters is 1. The third-order valence-electron chi connectivity index (χ3n) is 3.95. The first-order chi connectivity index (χ1) is 13.0. The van der Waals surface area contributed by atoms with Gasteiger partial charge in [-0.2, -0.15) is 0 Å². The first-order valence-electron chi connectivity index (χ1n) is 8.29. The molecular weight excluding hydrogens is 346 g/mol. The second-order valence-corrected chi connectivity index (χ2v) is 5.77. The number of hydrogen-bond donors (Lipinski definition) is 1. The van der Waals surface area contributed by atoms with Crippen LogP contribution in [0, 0.1) is 0 Å². The van der Waals surface area contributed by atoms with Crippen LogP contribution in [-0.4, -0.2) is 25.0 Å². The molecule has 27 heavy (non-hydrogen) atoms. The van der Waals surface area contributed by atoms with Gasteiger partial charge in [0.05, 0.1) is 18.6 Å². The Kier molecular flexibility index (Phi) is 6.88. The molecule has 0 bridgehead atoms. The van der Waals surface area contributed by atoms with Gasteiger partial charge in [0.2, 0.25) is 0 Å². The second kappa shape index (κ2) is 9.33. The van der Waals surface area contributed by atoms with Crippen LogP contribution in [-0.2, 0) is 20.9 Å². The fraction of sp³-hybridized carbons (Fsp3) is 0.190. The Morgan fingerprint density at radius 2 is 1.81 bits per heavy atom. The monoisotopic (exact) mass is 367 g/mol. The lowest BCUT2D eigenvalue weighted by atomic mass is 9.89. The van der Waals surface area contributed by atoms with Crippen molar-refractivity contribution in [3.8, 4) is 0 Å². The quantitative estimate of drug-likeness (QED) is 0.589. The molecule has 0 saturated heterocycles. The molecule has 0 radical (unpaired) electrons. The fourth-order valence-electron chi connectivity index (χ4n) is 2.65. The van der Waals surface area contributed by atoms with Crippen molar-refractivity contribution in [2.24, 2.45) is 0 Å². The number of ether oxygens (including phenoxy) is 2. The maximum absolute atomic E-state index is 12.2. The Morgan fingerprint density at radius 3 is 2.41 bits per heavy atom. The lowest BCUT2D eigenvalue weighted by Crippen LogP contribution is -2.19. The van der Waals surface area contributed by atoms with Gasteiger partial charge in [0.1, 0.15) is 12.4 Å². The van der Waals surface area contributed by atoms with E-state index in [1.54, 1.807) is 12.1 Å². The van der Waals surface area contributed by atoms with Gasteiger partial charge < -0.3 is 9.47 Å². The van der Waals surface area contributed by atoms with Crippen molar-refractivity contribution >= 4 is 23.5 Å². The summed E-state index contributed by atoms with van der Waals surface area (Å²) in [6.45, 7) is 5.14. The molecule has 2 rings (SSSR count). The normalized spacial score (nSPS) is 11.2. The van der Waals surface area contributed by atoms with E-state index >= 15 is 0 Å². The van der Waals surface area contributed by atoms with Crippen LogP contribution in [0.4, 0.5) is 10.5 Å². The minimum Gasteiger partial charge on any atom is -0.465 e. The van der Waals surface area contributed by atoms with Crippen LogP contribution in [0.5, 0.6) is 0 Å². The molecule has 1 N–H and O–H groups in total. The predicted octanol–water partition coefficient (Wildman–Crippen LogP) is 4.08. The summed E-state index contributed by atoms with van der Waals surface area (Å²) in [4.78, 5) is 36.3. The molecule has 6 nitrogen and oxygen atoms in total. The van der Waals surface area contributed by atoms with Crippen molar-refractivity contribution in [2.45, 2.75) is 19.4 Å². The number of hydrogen-bond acceptors (Lipinski definition) is 5. The van der Waals surface area contributed by atoms with E-state index in [2.05, 4.69) is 11.9 Å². The summed E-state index contributed by atoms with van der Waals surface area (Å²) in [5, 5.41) is 2.60. The van der Waals surface area contributed by atoms with Gasteiger partial charge in [0.25, 0.3) is 0 Å². The number of allylic oxidation sites excluding steroid dienone is 1. The number of carbonyl (C=O) groups excluding carboxylic acids is 3. The van der Waals surface area contributed by atoms with Crippen LogP contribution < -0.4 is 5.32 Å². The van der Waals surface area contributed by atoms with E-state index in [9.17, 15) is 14.4 Å². The molecule has 0 spiro atoms. The zero-order chi connectivity index (χ0) is 19.8. The van der Waals surface area contributed by atoms with Gasteiger partial charge >= 0.3 is 12.1 Å². The van der Waals surface area contributed by atoms with Crippen LogP contribution >= 0.6 is 0 Å². The number of nitrogens with one attached hydrogen (secondary N) is 1. The lowest BCUT2D eigenvalue weighted by Gasteiger charge is -2.19. The molecule has 0 aliphatic heterocycles. The molecule has 0 fully saturated rings. The molecule has 1 atom stereocenters. The first-order valence-corrected chi connectivity index (χ1v) is 8.29. The van der Waals surface area contributed by atoms with Gasteiger partial charge in [-0.3, -0.25) is 10.1 Å². The van der Waals surface area contributed by atoms with Gasteiger partial charge in [-0.15, -0.1) is 6.58 Å². The molecule has 2 aromatic carbocycles. The first kappa shape index (κ1) is 19.9. The number of methoxy groups -OCH3 is 1. The molecule has 0 heterocycles. The average molecular weight is 367 g/mol. The number of anilines is 1. The zero-order valence-electron chi connectivity index (χ0n) is 15.2. The van der Waals surface area contributed by atoms with E-state index in [4.69, 9.17) is 9.47 Å². The standard InChI is InChI=1S/C21H21NO5/c1-4-16(14(2)23)19-17(20(24)26-3)11-8-12-18(19)22-21(25)27-13-15-9-6-5-7-10-15/h4-12,16H,1,13H2,2-3H3,(H,22,25)/t16-/m1/s1. The zero-order valence-corrected chi connectivity index (χ0v) is 15.2. The van der Waals surface area contributed by atoms with E-state index in [0.29, 0.717) is 5.56 Å². The van der Waals surface area contributed by atoms with Crippen molar-refractivity contribution in [1.82, 2.24) is 0 Å². The minimum absolute atomic E-state index is 0.0935. The van der Waals surface area contributed by atoms with Crippen molar-refractivity contribution in [3.05, 3.63) is 77.9 Å². The van der Waals surface area contributed by atoms with E-state index in [-0.39, 0.29) is 23.6 Å². The van der Waals surface area contributed by atoms with Crippen molar-refractivity contribution in [3.63, 3.8) is 0 Å². The van der Waals surface area contributed by atoms with Gasteiger partial charge in [-0.05, 0) is 24.6 Å². The SMILES string of the molecule is C=C[C@H](C(C)=O)c1c(NC(=O)OCc2ccccc2)cccc1C(=O)OC. The molecule has 0 unspecified atom stereocenters. The Labute approximate surface area is 157 Å². The largest absolute Gasteiger partial charge is 0.465 e. The van der Waals surface area contributed by atoms with Crippen LogP contribution in [0.3, 0.4) is 0 Å². The molecule has 2 aromatic rings. The Bertz CT molecular complexity index is 845. The number of ketones is 1. The van der Waals surface area contributed by atoms with E-state index in [0.717, 1.165) is 5.56 Å². The number of benzene rings is 2. The molecule has 0 saturated carbocycles. The van der Waals surface area contributed by atoms with Gasteiger partial charge in [-0.25, -0.2) is 9.59 Å². The summed E-state index contributed by atoms with van der Waals surface area (Å²) in [7, 11) is 1.25. The Morgan fingerprint density at radius 1 is 1.11 bits per heavy atom. The second-order valence-electron chi connectivity index (χ2n) is 5.77. The summed E-state index contributed by atoms with van der Waals surface area (Å²) >= 11 is 0. The van der Waals surface area contributed by atoms with Crippen molar-refractivity contribution < 1.29 is 23.9 Å². The Balaban J connectivity index is 2.29. The molecule has 0 aliphatic rings. The van der Waals surface area contributed by atoms with E-state index in [1.807, 2.05) is 30.3 Å². The highest BCUT2D eigenvalue weighted by atomic mass is 16.5. The molecule has 140 valence electrons. The topological polar surface area (TPSA) is 81.7 Å². The highest BCUT2D eigenvalue weighted by Gasteiger charge is 2.25. The summed E-state index contributed by atoms with van der Waals surface area (Å²) in [5.41, 5.74) is 1.63. The summed E-state index contributed by atoms with van der Waals surface area (Å²) in [5.74, 6) is -1.61. The van der Waals surface area contributed by atoms with Gasteiger partial charge in [0.15, 0.2) is 0 Å². The van der Waals surface area contributed by atoms with Crippen molar-refractivity contribution in [1.29, 1.82) is 0 Å². The number of carbonyl (C=O) groups is 3. The number of Topliss-reactive ketones (excluding diaryl/α,β-unsaturated/α-hetero) is 1. The average Bonchev–Trinajstić information content (AvgIpc) is 2.68. The van der Waals surface area contributed by atoms with E-state index < -0.39 is 18.0 Å². The minimum atomic E-state index is -0.773. The highest BCUT2D eigenvalue weighted by molar-refractivity contribution is 5.99. The van der Waals surface area contributed by atoms with Crippen LogP contribution in [0.2, 0.25) is 0 Å². The highest BCUT2D eigenvalue weighted by Crippen LogP contribution is 2.31. The lowest BCUT2D eigenvalue weighted by molar-refractivity contribution is -0.117. The molecule has 0 aromatic heterocycles. The fourth-order valence-corrected chi connectivity index (χ4v) is 2.65. The maximum Gasteiger partial charge on any atom is 0.411 e. The number of amides is 1. The summed E-state index contributed by atoms with van der Waals surface area (Å²) < 4.78 is 10.00. The predicted molar refractivity (Wildman–Crippen MR) is 102 cm³/mol. The third-order valence-corrected chi connectivity index (χ3v) is 3.95. The molecule has 1 amide bonds. The molecule has 0 aliphatic carbocycles. The van der Waals surface area contributed by atoms with Crippen LogP contribution in [0.15, 0.2) is 61.2 Å². The Hall–Kier alpha value is -3.41. The van der Waals surface area contributed by atoms with Gasteiger partial charge in [-0.1, -0.05) is 42.5 Å². The molecule has 6 heteroatoms. The summed E-state index contributed by atoms with van der Waals surface area (Å²) in [6.07, 6.45) is 0.721. The van der Waals surface area contributed by atoms with Crippen molar-refractivity contribution in [2.75, 3.05) is 12.4 Å².